The lowest BCUT2D eigenvalue weighted by molar-refractivity contribution is -0.116. The van der Waals surface area contributed by atoms with Crippen LogP contribution in [0.5, 0.6) is 11.5 Å². The number of benzene rings is 1. The van der Waals surface area contributed by atoms with Crippen LogP contribution >= 0.6 is 11.6 Å². The highest BCUT2D eigenvalue weighted by Gasteiger charge is 2.17. The number of hydrogen-bond donors (Lipinski definition) is 1. The smallest absolute Gasteiger partial charge is 0.162 e. The number of phenolic OH excluding ortho intramolecular Hbond substituents is 1. The van der Waals surface area contributed by atoms with Crippen molar-refractivity contribution >= 4 is 17.4 Å². The molecule has 0 fully saturated rings. The number of carbonyl (C=O) groups excluding carboxylic acids is 1. The second-order valence-corrected chi connectivity index (χ2v) is 3.99. The molecule has 0 saturated carbocycles. The van der Waals surface area contributed by atoms with E-state index in [9.17, 15) is 9.90 Å². The first-order chi connectivity index (χ1) is 7.51. The van der Waals surface area contributed by atoms with Gasteiger partial charge in [-0.25, -0.2) is 0 Å². The summed E-state index contributed by atoms with van der Waals surface area (Å²) in [5.41, 5.74) is 1.32. The zero-order chi connectivity index (χ0) is 12.3. The number of rotatable bonds is 4. The third-order valence-electron chi connectivity index (χ3n) is 2.40. The third-order valence-corrected chi connectivity index (χ3v) is 2.87. The first-order valence-corrected chi connectivity index (χ1v) is 5.45. The summed E-state index contributed by atoms with van der Waals surface area (Å²) >= 11 is 6.12. The maximum absolute atomic E-state index is 11.1. The van der Waals surface area contributed by atoms with Crippen LogP contribution in [0.25, 0.3) is 0 Å². The summed E-state index contributed by atoms with van der Waals surface area (Å²) in [7, 11) is 1.47. The van der Waals surface area contributed by atoms with Crippen LogP contribution in [0, 0.1) is 0 Å². The van der Waals surface area contributed by atoms with E-state index in [1.165, 1.54) is 14.0 Å². The van der Waals surface area contributed by atoms with Crippen molar-refractivity contribution in [3.05, 3.63) is 22.2 Å². The minimum absolute atomic E-state index is 0.0418. The first-order valence-electron chi connectivity index (χ1n) is 5.07. The van der Waals surface area contributed by atoms with E-state index in [4.69, 9.17) is 16.3 Å². The van der Waals surface area contributed by atoms with E-state index in [0.29, 0.717) is 16.3 Å². The molecule has 0 unspecified atom stereocenters. The van der Waals surface area contributed by atoms with Crippen molar-refractivity contribution in [3.8, 4) is 11.5 Å². The van der Waals surface area contributed by atoms with Gasteiger partial charge in [-0.05, 0) is 25.0 Å². The van der Waals surface area contributed by atoms with Gasteiger partial charge in [0.25, 0.3) is 0 Å². The molecule has 0 aliphatic carbocycles. The molecule has 0 aliphatic rings. The summed E-state index contributed by atoms with van der Waals surface area (Å²) in [5, 5.41) is 10.3. The minimum atomic E-state index is -0.0486. The number of aromatic hydroxyl groups is 1. The Hall–Kier alpha value is -1.22. The summed E-state index contributed by atoms with van der Waals surface area (Å²) in [6.07, 6.45) is 0.843. The SMILES string of the molecule is CCc1cc(OC)c(O)c(CC(C)=O)c1Cl. The van der Waals surface area contributed by atoms with Gasteiger partial charge in [0.2, 0.25) is 0 Å². The molecule has 1 N–H and O–H groups in total. The molecule has 0 radical (unpaired) electrons. The van der Waals surface area contributed by atoms with Crippen LogP contribution in [0.2, 0.25) is 5.02 Å². The van der Waals surface area contributed by atoms with Gasteiger partial charge in [0.15, 0.2) is 11.5 Å². The molecule has 4 heteroatoms. The van der Waals surface area contributed by atoms with Crippen molar-refractivity contribution in [2.24, 2.45) is 0 Å². The fourth-order valence-electron chi connectivity index (χ4n) is 1.56. The normalized spacial score (nSPS) is 10.2. The molecule has 0 bridgehead atoms. The van der Waals surface area contributed by atoms with E-state index >= 15 is 0 Å². The molecule has 0 amide bonds. The largest absolute Gasteiger partial charge is 0.504 e. The number of aryl methyl sites for hydroxylation is 1. The van der Waals surface area contributed by atoms with Crippen molar-refractivity contribution in [1.29, 1.82) is 0 Å². The van der Waals surface area contributed by atoms with Crippen LogP contribution in [0.4, 0.5) is 0 Å². The molecular weight excluding hydrogens is 228 g/mol. The Balaban J connectivity index is 3.36. The van der Waals surface area contributed by atoms with Gasteiger partial charge >= 0.3 is 0 Å². The van der Waals surface area contributed by atoms with E-state index in [2.05, 4.69) is 0 Å². The van der Waals surface area contributed by atoms with Gasteiger partial charge in [-0.2, -0.15) is 0 Å². The minimum Gasteiger partial charge on any atom is -0.504 e. The lowest BCUT2D eigenvalue weighted by atomic mass is 10.0. The number of halogens is 1. The molecule has 16 heavy (non-hydrogen) atoms. The average Bonchev–Trinajstić information content (AvgIpc) is 2.24. The molecule has 0 atom stereocenters. The lowest BCUT2D eigenvalue weighted by Crippen LogP contribution is -2.01. The monoisotopic (exact) mass is 242 g/mol. The third kappa shape index (κ3) is 2.47. The van der Waals surface area contributed by atoms with E-state index < -0.39 is 0 Å². The number of carbonyl (C=O) groups is 1. The van der Waals surface area contributed by atoms with Crippen LogP contribution in [0.3, 0.4) is 0 Å². The Kier molecular flexibility index (Phi) is 4.19. The van der Waals surface area contributed by atoms with Crippen LogP contribution in [-0.2, 0) is 17.6 Å². The predicted octanol–water partition coefficient (Wildman–Crippen LogP) is 2.75. The fourth-order valence-corrected chi connectivity index (χ4v) is 1.90. The van der Waals surface area contributed by atoms with Gasteiger partial charge in [-0.1, -0.05) is 18.5 Å². The number of phenols is 1. The van der Waals surface area contributed by atoms with Crippen molar-refractivity contribution in [2.75, 3.05) is 7.11 Å². The first kappa shape index (κ1) is 12.8. The molecule has 0 spiro atoms. The highest BCUT2D eigenvalue weighted by atomic mass is 35.5. The summed E-state index contributed by atoms with van der Waals surface area (Å²) in [4.78, 5) is 11.1. The van der Waals surface area contributed by atoms with Gasteiger partial charge in [0.1, 0.15) is 5.78 Å². The highest BCUT2D eigenvalue weighted by molar-refractivity contribution is 6.32. The van der Waals surface area contributed by atoms with E-state index in [1.807, 2.05) is 6.92 Å². The molecule has 1 aromatic rings. The molecule has 0 aromatic heterocycles. The zero-order valence-electron chi connectivity index (χ0n) is 9.63. The van der Waals surface area contributed by atoms with Crippen LogP contribution in [0.1, 0.15) is 25.0 Å². The quantitative estimate of drug-likeness (QED) is 0.883. The molecule has 88 valence electrons. The maximum Gasteiger partial charge on any atom is 0.162 e. The Bertz CT molecular complexity index is 385. The molecule has 0 heterocycles. The Morgan fingerprint density at radius 1 is 1.56 bits per heavy atom. The Labute approximate surface area is 100.0 Å². The van der Waals surface area contributed by atoms with E-state index in [-0.39, 0.29) is 18.0 Å². The second kappa shape index (κ2) is 5.21. The number of Topliss-reactive ketones (excluding diaryl/α,β-unsaturated/α-hetero) is 1. The second-order valence-electron chi connectivity index (χ2n) is 3.61. The topological polar surface area (TPSA) is 46.5 Å². The van der Waals surface area contributed by atoms with Crippen LogP contribution in [-0.4, -0.2) is 18.0 Å². The van der Waals surface area contributed by atoms with Gasteiger partial charge < -0.3 is 9.84 Å². The zero-order valence-corrected chi connectivity index (χ0v) is 10.4. The molecular formula is C12H15ClO3. The van der Waals surface area contributed by atoms with Gasteiger partial charge in [-0.3, -0.25) is 4.79 Å². The number of ketones is 1. The van der Waals surface area contributed by atoms with E-state index in [1.54, 1.807) is 6.07 Å². The standard InChI is InChI=1S/C12H15ClO3/c1-4-8-6-10(16-3)12(15)9(11(8)13)5-7(2)14/h6,15H,4-5H2,1-3H3. The van der Waals surface area contributed by atoms with Gasteiger partial charge in [-0.15, -0.1) is 0 Å². The van der Waals surface area contributed by atoms with Gasteiger partial charge in [0.05, 0.1) is 12.1 Å². The molecule has 3 nitrogen and oxygen atoms in total. The summed E-state index contributed by atoms with van der Waals surface area (Å²) < 4.78 is 5.04. The summed E-state index contributed by atoms with van der Waals surface area (Å²) in [6, 6.07) is 1.70. The van der Waals surface area contributed by atoms with Crippen molar-refractivity contribution in [2.45, 2.75) is 26.7 Å². The van der Waals surface area contributed by atoms with Crippen molar-refractivity contribution < 1.29 is 14.6 Å². The van der Waals surface area contributed by atoms with Gasteiger partial charge in [0, 0.05) is 12.0 Å². The Morgan fingerprint density at radius 2 is 2.19 bits per heavy atom. The number of ether oxygens (including phenoxy) is 1. The fraction of sp³-hybridized carbons (Fsp3) is 0.417. The molecule has 1 rings (SSSR count). The lowest BCUT2D eigenvalue weighted by Gasteiger charge is -2.13. The summed E-state index contributed by atoms with van der Waals surface area (Å²) in [5.74, 6) is 0.268. The molecule has 1 aromatic carbocycles. The number of methoxy groups -OCH3 is 1. The van der Waals surface area contributed by atoms with Crippen molar-refractivity contribution in [1.82, 2.24) is 0 Å². The summed E-state index contributed by atoms with van der Waals surface area (Å²) in [6.45, 7) is 3.41. The molecule has 0 aliphatic heterocycles. The average molecular weight is 243 g/mol. The highest BCUT2D eigenvalue weighted by Crippen LogP contribution is 2.38. The van der Waals surface area contributed by atoms with Crippen LogP contribution in [0.15, 0.2) is 6.07 Å². The maximum atomic E-state index is 11.1. The number of hydrogen-bond acceptors (Lipinski definition) is 3. The van der Waals surface area contributed by atoms with Crippen molar-refractivity contribution in [3.63, 3.8) is 0 Å². The Morgan fingerprint density at radius 3 is 2.62 bits per heavy atom. The predicted molar refractivity (Wildman–Crippen MR) is 63.4 cm³/mol. The molecule has 0 saturated heterocycles. The van der Waals surface area contributed by atoms with Crippen LogP contribution < -0.4 is 4.74 Å². The van der Waals surface area contributed by atoms with E-state index in [0.717, 1.165) is 12.0 Å².